The molecular weight excluding hydrogens is 747 g/mol. The quantitative estimate of drug-likeness (QED) is 0.0413. The van der Waals surface area contributed by atoms with Gasteiger partial charge in [-0.3, -0.25) is 14.4 Å². The van der Waals surface area contributed by atoms with Crippen molar-refractivity contribution in [1.29, 1.82) is 0 Å². The van der Waals surface area contributed by atoms with Crippen LogP contribution in [0.1, 0.15) is 163 Å². The van der Waals surface area contributed by atoms with Crippen LogP contribution < -0.4 is 5.32 Å². The van der Waals surface area contributed by atoms with E-state index in [9.17, 15) is 19.2 Å². The maximum atomic E-state index is 12.8. The number of allylic oxidation sites excluding steroid dienone is 3. The van der Waals surface area contributed by atoms with Gasteiger partial charge in [-0.25, -0.2) is 4.79 Å². The zero-order valence-electron chi connectivity index (χ0n) is 35.0. The summed E-state index contributed by atoms with van der Waals surface area (Å²) in [6.07, 6.45) is 25.2. The van der Waals surface area contributed by atoms with Gasteiger partial charge in [-0.05, 0) is 81.1 Å². The van der Waals surface area contributed by atoms with Crippen LogP contribution in [0.3, 0.4) is 0 Å². The molecule has 2 heterocycles. The SMILES string of the molecule is CCC(C)C(=O)OC1CC(C)C=C2C=CC(C)C(CCC3CC(OC(=O)OCCCCCCCCCCCCNC(=O)CCCCC4CCSS4)CC(=O)O3)C21. The summed E-state index contributed by atoms with van der Waals surface area (Å²) in [4.78, 5) is 49.9. The Morgan fingerprint density at radius 2 is 1.64 bits per heavy atom. The molecule has 0 bridgehead atoms. The molecule has 318 valence electrons. The van der Waals surface area contributed by atoms with Crippen molar-refractivity contribution in [2.24, 2.45) is 29.6 Å². The van der Waals surface area contributed by atoms with Crippen molar-refractivity contribution in [3.63, 3.8) is 0 Å². The van der Waals surface area contributed by atoms with Crippen molar-refractivity contribution in [2.75, 3.05) is 18.9 Å². The first-order chi connectivity index (χ1) is 27.1. The Bertz CT molecular complexity index is 1270. The first kappa shape index (κ1) is 46.5. The molecular formula is C45H73NO8S2. The fraction of sp³-hybridized carbons (Fsp3) is 0.822. The average Bonchev–Trinajstić information content (AvgIpc) is 3.69. The van der Waals surface area contributed by atoms with Crippen molar-refractivity contribution in [3.8, 4) is 0 Å². The predicted octanol–water partition coefficient (Wildman–Crippen LogP) is 11.1. The minimum atomic E-state index is -0.709. The van der Waals surface area contributed by atoms with E-state index in [4.69, 9.17) is 18.9 Å². The number of ether oxygens (including phenoxy) is 4. The molecule has 0 saturated carbocycles. The third-order valence-corrected chi connectivity index (χ3v) is 15.2. The number of fused-ring (bicyclic) bond motifs is 1. The van der Waals surface area contributed by atoms with Gasteiger partial charge in [0.2, 0.25) is 5.91 Å². The molecule has 0 spiro atoms. The number of unbranched alkanes of at least 4 members (excludes halogenated alkanes) is 10. The molecule has 4 aliphatic rings. The molecule has 11 heteroatoms. The summed E-state index contributed by atoms with van der Waals surface area (Å²) in [5, 5.41) is 3.89. The molecule has 1 amide bonds. The highest BCUT2D eigenvalue weighted by molar-refractivity contribution is 8.77. The van der Waals surface area contributed by atoms with Gasteiger partial charge >= 0.3 is 18.1 Å². The maximum Gasteiger partial charge on any atom is 0.508 e. The lowest BCUT2D eigenvalue weighted by molar-refractivity contribution is -0.163. The van der Waals surface area contributed by atoms with Crippen LogP contribution in [0, 0.1) is 29.6 Å². The molecule has 0 aromatic heterocycles. The number of carbonyl (C=O) groups excluding carboxylic acids is 4. The highest BCUT2D eigenvalue weighted by atomic mass is 33.1. The summed E-state index contributed by atoms with van der Waals surface area (Å²) in [6, 6.07) is 0. The van der Waals surface area contributed by atoms with E-state index >= 15 is 0 Å². The Morgan fingerprint density at radius 1 is 0.911 bits per heavy atom. The van der Waals surface area contributed by atoms with Crippen LogP contribution in [0.2, 0.25) is 0 Å². The Morgan fingerprint density at radius 3 is 2.36 bits per heavy atom. The monoisotopic (exact) mass is 819 g/mol. The Hall–Kier alpha value is -2.14. The molecule has 2 fully saturated rings. The van der Waals surface area contributed by atoms with E-state index in [1.807, 2.05) is 35.4 Å². The first-order valence-corrected chi connectivity index (χ1v) is 24.7. The fourth-order valence-electron chi connectivity index (χ4n) is 8.65. The second-order valence-corrected chi connectivity index (χ2v) is 19.8. The average molecular weight is 820 g/mol. The molecule has 2 saturated heterocycles. The smallest absolute Gasteiger partial charge is 0.462 e. The number of cyclic esters (lactones) is 1. The molecule has 9 nitrogen and oxygen atoms in total. The third-order valence-electron chi connectivity index (χ3n) is 12.2. The van der Waals surface area contributed by atoms with E-state index in [1.165, 1.54) is 62.7 Å². The molecule has 9 unspecified atom stereocenters. The molecule has 4 rings (SSSR count). The van der Waals surface area contributed by atoms with Crippen molar-refractivity contribution >= 4 is 45.6 Å². The van der Waals surface area contributed by atoms with E-state index in [2.05, 4.69) is 37.4 Å². The largest absolute Gasteiger partial charge is 0.508 e. The highest BCUT2D eigenvalue weighted by Gasteiger charge is 2.42. The minimum Gasteiger partial charge on any atom is -0.462 e. The second-order valence-electron chi connectivity index (χ2n) is 17.0. The van der Waals surface area contributed by atoms with Crippen molar-refractivity contribution < 1.29 is 38.1 Å². The predicted molar refractivity (Wildman–Crippen MR) is 227 cm³/mol. The van der Waals surface area contributed by atoms with E-state index in [0.717, 1.165) is 69.6 Å². The summed E-state index contributed by atoms with van der Waals surface area (Å²) in [5.74, 6) is 1.89. The highest BCUT2D eigenvalue weighted by Crippen LogP contribution is 2.45. The molecule has 0 aromatic carbocycles. The standard InChI is InChI=1S/C45H73NO8S2/c1-5-33(3)44(49)54-40-29-32(2)28-35-21-20-34(4)39(43(35)40)23-22-36-30-37(31-42(48)52-36)53-45(50)51-26-17-13-11-9-7-6-8-10-12-16-25-46-41(47)19-15-14-18-38-24-27-55-56-38/h20-21,28,32-34,36-40,43H,5-19,22-27,29-31H2,1-4H3,(H,46,47). The van der Waals surface area contributed by atoms with Crippen LogP contribution in [-0.4, -0.2) is 66.5 Å². The van der Waals surface area contributed by atoms with Gasteiger partial charge in [0.25, 0.3) is 0 Å². The van der Waals surface area contributed by atoms with E-state index < -0.39 is 12.3 Å². The van der Waals surface area contributed by atoms with E-state index in [1.54, 1.807) is 0 Å². The summed E-state index contributed by atoms with van der Waals surface area (Å²) in [5.41, 5.74) is 1.24. The minimum absolute atomic E-state index is 0.0467. The van der Waals surface area contributed by atoms with Gasteiger partial charge in [0, 0.05) is 36.3 Å². The summed E-state index contributed by atoms with van der Waals surface area (Å²) < 4.78 is 22.9. The van der Waals surface area contributed by atoms with E-state index in [-0.39, 0.29) is 54.2 Å². The number of nitrogens with one attached hydrogen (secondary N) is 1. The van der Waals surface area contributed by atoms with Crippen LogP contribution >= 0.6 is 21.6 Å². The van der Waals surface area contributed by atoms with Gasteiger partial charge in [-0.15, -0.1) is 0 Å². The van der Waals surface area contributed by atoms with Gasteiger partial charge in [0.05, 0.1) is 18.9 Å². The third kappa shape index (κ3) is 17.0. The van der Waals surface area contributed by atoms with Crippen molar-refractivity contribution in [1.82, 2.24) is 5.32 Å². The van der Waals surface area contributed by atoms with Crippen LogP contribution in [0.15, 0.2) is 23.8 Å². The van der Waals surface area contributed by atoms with E-state index in [0.29, 0.717) is 37.7 Å². The summed E-state index contributed by atoms with van der Waals surface area (Å²) in [6.45, 7) is 9.44. The molecule has 56 heavy (non-hydrogen) atoms. The lowest BCUT2D eigenvalue weighted by atomic mass is 9.65. The first-order valence-electron chi connectivity index (χ1n) is 22.3. The Balaban J connectivity index is 1.01. The van der Waals surface area contributed by atoms with Gasteiger partial charge in [-0.2, -0.15) is 0 Å². The zero-order valence-corrected chi connectivity index (χ0v) is 36.6. The molecule has 0 aromatic rings. The fourth-order valence-corrected chi connectivity index (χ4v) is 11.7. The Labute approximate surface area is 346 Å². The zero-order chi connectivity index (χ0) is 40.1. The Kier molecular flexibility index (Phi) is 21.7. The van der Waals surface area contributed by atoms with Gasteiger partial charge in [-0.1, -0.05) is 125 Å². The number of esters is 2. The van der Waals surface area contributed by atoms with Crippen LogP contribution in [0.4, 0.5) is 4.79 Å². The van der Waals surface area contributed by atoms with Gasteiger partial charge < -0.3 is 24.3 Å². The molecule has 0 radical (unpaired) electrons. The van der Waals surface area contributed by atoms with Gasteiger partial charge in [0.15, 0.2) is 0 Å². The van der Waals surface area contributed by atoms with Gasteiger partial charge in [0.1, 0.15) is 18.3 Å². The summed E-state index contributed by atoms with van der Waals surface area (Å²) >= 11 is 0. The number of carbonyl (C=O) groups is 4. The van der Waals surface area contributed by atoms with Crippen LogP contribution in [0.5, 0.6) is 0 Å². The lowest BCUT2D eigenvalue weighted by Crippen LogP contribution is -2.42. The number of hydrogen-bond acceptors (Lipinski definition) is 10. The maximum absolute atomic E-state index is 12.8. The number of hydrogen-bond donors (Lipinski definition) is 1. The van der Waals surface area contributed by atoms with Crippen molar-refractivity contribution in [3.05, 3.63) is 23.8 Å². The molecule has 9 atom stereocenters. The van der Waals surface area contributed by atoms with Crippen molar-refractivity contribution in [2.45, 2.75) is 186 Å². The lowest BCUT2D eigenvalue weighted by Gasteiger charge is -2.43. The molecule has 1 N–H and O–H groups in total. The van der Waals surface area contributed by atoms with Crippen LogP contribution in [-0.2, 0) is 33.3 Å². The second kappa shape index (κ2) is 26.1. The topological polar surface area (TPSA) is 117 Å². The molecule has 2 aliphatic heterocycles. The number of amides is 1. The normalized spacial score (nSPS) is 27.8. The summed E-state index contributed by atoms with van der Waals surface area (Å²) in [7, 11) is 4.01. The van der Waals surface area contributed by atoms with Crippen LogP contribution in [0.25, 0.3) is 0 Å². The molecule has 2 aliphatic carbocycles. The number of rotatable bonds is 25.